The number of rotatable bonds is 7. The van der Waals surface area contributed by atoms with Crippen LogP contribution in [0.5, 0.6) is 0 Å². The molecule has 7 heteroatoms. The Balaban J connectivity index is 1.17. The first-order valence-electron chi connectivity index (χ1n) is 19.5. The number of hydrogen-bond acceptors (Lipinski definition) is 5. The first-order valence-corrected chi connectivity index (χ1v) is 20.3. The Morgan fingerprint density at radius 2 is 1.69 bits per heavy atom. The standard InChI is InChI=1S/C42H60N2O4S/c1-25(2)43-36(47)44(23-27-9-10-28-20-30(27)37(28,4)5)24-41(48)17-14-34-39(41,7)16-13-33-38(6)15-12-29(45)21-40(38)18-19-42(33,34)31(22-40)35(46)32-11-8-26(3)49-32/h8,11,18-19,22,25,27-30,33-34,45,48H,9-10,12-17,20-21,23-24H2,1-7H3,(H,43,47)/t27-,28-,29?,30-,33+,34+,38+,39-,40-,41+,42+/m0/s1. The number of aliphatic hydroxyl groups is 2. The second-order valence-corrected chi connectivity index (χ2v) is 20.5. The molecule has 4 bridgehead atoms. The number of amides is 2. The zero-order valence-electron chi connectivity index (χ0n) is 31.0. The molecule has 6 saturated carbocycles. The Morgan fingerprint density at radius 3 is 2.37 bits per heavy atom. The zero-order chi connectivity index (χ0) is 34.9. The zero-order valence-corrected chi connectivity index (χ0v) is 31.8. The van der Waals surface area contributed by atoms with Crippen molar-refractivity contribution in [1.29, 1.82) is 0 Å². The largest absolute Gasteiger partial charge is 0.393 e. The lowest BCUT2D eigenvalue weighted by atomic mass is 9.32. The number of Topliss-reactive ketones (excluding diaryl/α,β-unsaturated/α-hetero) is 1. The highest BCUT2D eigenvalue weighted by molar-refractivity contribution is 7.14. The van der Waals surface area contributed by atoms with E-state index in [4.69, 9.17) is 0 Å². The first kappa shape index (κ1) is 34.1. The number of nitrogens with zero attached hydrogens (tertiary/aromatic N) is 1. The van der Waals surface area contributed by atoms with E-state index in [1.807, 2.05) is 30.9 Å². The summed E-state index contributed by atoms with van der Waals surface area (Å²) in [5.74, 6) is 2.35. The van der Waals surface area contributed by atoms with Crippen LogP contribution in [0.3, 0.4) is 0 Å². The second kappa shape index (κ2) is 11.0. The van der Waals surface area contributed by atoms with Crippen molar-refractivity contribution < 1.29 is 19.8 Å². The minimum Gasteiger partial charge on any atom is -0.393 e. The molecule has 11 atom stereocenters. The van der Waals surface area contributed by atoms with Crippen LogP contribution in [0.2, 0.25) is 0 Å². The third-order valence-corrected chi connectivity index (χ3v) is 17.5. The molecule has 2 spiro atoms. The van der Waals surface area contributed by atoms with E-state index in [1.165, 1.54) is 12.8 Å². The molecule has 6 fully saturated rings. The maximum absolute atomic E-state index is 14.8. The number of hydrogen-bond donors (Lipinski definition) is 3. The quantitative estimate of drug-likeness (QED) is 0.199. The molecule has 1 aromatic rings. The Bertz CT molecular complexity index is 1610. The van der Waals surface area contributed by atoms with Crippen molar-refractivity contribution in [2.45, 2.75) is 130 Å². The van der Waals surface area contributed by atoms with Gasteiger partial charge in [-0.05, 0) is 138 Å². The summed E-state index contributed by atoms with van der Waals surface area (Å²) >= 11 is 1.58. The number of nitrogens with one attached hydrogen (secondary N) is 1. The minimum atomic E-state index is -1.06. The molecule has 6 nitrogen and oxygen atoms in total. The maximum atomic E-state index is 14.8. The molecule has 0 aromatic carbocycles. The van der Waals surface area contributed by atoms with Gasteiger partial charge in [0.15, 0.2) is 5.78 Å². The number of aryl methyl sites for hydroxylation is 1. The molecule has 10 rings (SSSR count). The normalized spacial score (nSPS) is 45.6. The molecule has 1 aromatic heterocycles. The SMILES string of the molecule is Cc1ccc(C(=O)C2=C[C@@]34C=C[C@@]25[C@@H]2CC[C@@](O)(CN(C[C@@H]6CC[C@H]7C[C@@H]6C7(C)C)C(=O)NC(C)C)[C@@]2(C)CC[C@@H]5[C@@]3(C)CCC(O)C4)s1. The molecule has 0 saturated heterocycles. The van der Waals surface area contributed by atoms with Gasteiger partial charge in [-0.1, -0.05) is 45.9 Å². The number of carbonyl (C=O) groups is 2. The lowest BCUT2D eigenvalue weighted by molar-refractivity contribution is -0.176. The van der Waals surface area contributed by atoms with E-state index in [9.17, 15) is 19.8 Å². The smallest absolute Gasteiger partial charge is 0.317 e. The summed E-state index contributed by atoms with van der Waals surface area (Å²) in [5, 5.41) is 27.3. The van der Waals surface area contributed by atoms with E-state index >= 15 is 0 Å². The third-order valence-electron chi connectivity index (χ3n) is 16.5. The monoisotopic (exact) mass is 688 g/mol. The molecule has 1 unspecified atom stereocenters. The van der Waals surface area contributed by atoms with E-state index in [2.05, 4.69) is 58.2 Å². The highest BCUT2D eigenvalue weighted by atomic mass is 32.1. The van der Waals surface area contributed by atoms with Gasteiger partial charge in [-0.25, -0.2) is 4.79 Å². The van der Waals surface area contributed by atoms with E-state index in [0.717, 1.165) is 59.8 Å². The molecular weight excluding hydrogens is 629 g/mol. The van der Waals surface area contributed by atoms with Crippen LogP contribution >= 0.6 is 11.3 Å². The number of urea groups is 1. The lowest BCUT2D eigenvalue weighted by Gasteiger charge is -2.71. The minimum absolute atomic E-state index is 0.0194. The average molecular weight is 689 g/mol. The summed E-state index contributed by atoms with van der Waals surface area (Å²) in [6.07, 6.45) is 16.1. The van der Waals surface area contributed by atoms with Crippen molar-refractivity contribution in [2.24, 2.45) is 56.7 Å². The van der Waals surface area contributed by atoms with Gasteiger partial charge in [-0.15, -0.1) is 11.3 Å². The molecular formula is C42H60N2O4S. The van der Waals surface area contributed by atoms with E-state index in [-0.39, 0.29) is 46.6 Å². The van der Waals surface area contributed by atoms with Crippen LogP contribution in [0.25, 0.3) is 0 Å². The van der Waals surface area contributed by atoms with Crippen LogP contribution in [0.15, 0.2) is 35.9 Å². The van der Waals surface area contributed by atoms with Crippen molar-refractivity contribution in [3.05, 3.63) is 45.7 Å². The fraction of sp³-hybridized carbons (Fsp3) is 0.762. The Labute approximate surface area is 298 Å². The van der Waals surface area contributed by atoms with E-state index in [1.54, 1.807) is 11.3 Å². The van der Waals surface area contributed by atoms with Crippen molar-refractivity contribution in [1.82, 2.24) is 10.2 Å². The topological polar surface area (TPSA) is 89.9 Å². The number of allylic oxidation sites excluding steroid dienone is 4. The van der Waals surface area contributed by atoms with Crippen LogP contribution in [0.1, 0.15) is 120 Å². The summed E-state index contributed by atoms with van der Waals surface area (Å²) in [4.78, 5) is 32.7. The summed E-state index contributed by atoms with van der Waals surface area (Å²) in [5.41, 5.74) is -1.17. The Kier molecular flexibility index (Phi) is 7.68. The van der Waals surface area contributed by atoms with Gasteiger partial charge in [0.05, 0.1) is 23.1 Å². The van der Waals surface area contributed by atoms with Gasteiger partial charge in [0.25, 0.3) is 0 Å². The predicted molar refractivity (Wildman–Crippen MR) is 195 cm³/mol. The number of thiophene rings is 1. The fourth-order valence-electron chi connectivity index (χ4n) is 13.6. The summed E-state index contributed by atoms with van der Waals surface area (Å²) in [6, 6.07) is 4.00. The molecule has 1 heterocycles. The Hall–Kier alpha value is -1.96. The highest BCUT2D eigenvalue weighted by Gasteiger charge is 2.74. The molecule has 268 valence electrons. The fourth-order valence-corrected chi connectivity index (χ4v) is 14.4. The summed E-state index contributed by atoms with van der Waals surface area (Å²) < 4.78 is 0. The van der Waals surface area contributed by atoms with Crippen molar-refractivity contribution >= 4 is 23.2 Å². The van der Waals surface area contributed by atoms with Crippen LogP contribution in [-0.4, -0.2) is 57.8 Å². The van der Waals surface area contributed by atoms with Crippen molar-refractivity contribution in [3.8, 4) is 0 Å². The number of aliphatic hydroxyl groups excluding tert-OH is 1. The maximum Gasteiger partial charge on any atom is 0.317 e. The van der Waals surface area contributed by atoms with E-state index in [0.29, 0.717) is 43.2 Å². The first-order chi connectivity index (χ1) is 23.0. The lowest BCUT2D eigenvalue weighted by Crippen LogP contribution is -2.67. The number of carbonyl (C=O) groups excluding carboxylic acids is 2. The molecule has 3 N–H and O–H groups in total. The van der Waals surface area contributed by atoms with Gasteiger partial charge >= 0.3 is 6.03 Å². The van der Waals surface area contributed by atoms with Crippen LogP contribution in [0, 0.1) is 63.6 Å². The van der Waals surface area contributed by atoms with Crippen LogP contribution in [0.4, 0.5) is 4.79 Å². The second-order valence-electron chi connectivity index (χ2n) is 19.2. The summed E-state index contributed by atoms with van der Waals surface area (Å²) in [6.45, 7) is 16.7. The Morgan fingerprint density at radius 1 is 0.980 bits per heavy atom. The van der Waals surface area contributed by atoms with Gasteiger partial charge in [0.1, 0.15) is 0 Å². The van der Waals surface area contributed by atoms with Gasteiger partial charge in [-0.3, -0.25) is 4.79 Å². The molecule has 2 amide bonds. The molecule has 9 aliphatic rings. The summed E-state index contributed by atoms with van der Waals surface area (Å²) in [7, 11) is 0. The van der Waals surface area contributed by atoms with Crippen molar-refractivity contribution in [2.75, 3.05) is 13.1 Å². The van der Waals surface area contributed by atoms with Gasteiger partial charge in [-0.2, -0.15) is 0 Å². The highest BCUT2D eigenvalue weighted by Crippen LogP contribution is 2.78. The number of fused-ring (bicyclic) bond motifs is 3. The van der Waals surface area contributed by atoms with Crippen LogP contribution < -0.4 is 5.32 Å². The molecule has 0 radical (unpaired) electrons. The van der Waals surface area contributed by atoms with E-state index < -0.39 is 16.4 Å². The van der Waals surface area contributed by atoms with Crippen LogP contribution in [-0.2, 0) is 0 Å². The molecule has 9 aliphatic carbocycles. The molecule has 49 heavy (non-hydrogen) atoms. The van der Waals surface area contributed by atoms with Gasteiger partial charge in [0, 0.05) is 39.3 Å². The van der Waals surface area contributed by atoms with Gasteiger partial charge < -0.3 is 20.4 Å². The predicted octanol–water partition coefficient (Wildman–Crippen LogP) is 8.32. The van der Waals surface area contributed by atoms with Crippen molar-refractivity contribution in [3.63, 3.8) is 0 Å². The third kappa shape index (κ3) is 4.55. The van der Waals surface area contributed by atoms with Gasteiger partial charge in [0.2, 0.25) is 0 Å². The number of ketones is 1. The molecule has 0 aliphatic heterocycles. The average Bonchev–Trinajstić information content (AvgIpc) is 3.60.